The van der Waals surface area contributed by atoms with Gasteiger partial charge in [0.2, 0.25) is 0 Å². The van der Waals surface area contributed by atoms with E-state index in [0.29, 0.717) is 27.6 Å². The van der Waals surface area contributed by atoms with E-state index >= 15 is 0 Å². The first kappa shape index (κ1) is 21.9. The van der Waals surface area contributed by atoms with Crippen LogP contribution in [0.3, 0.4) is 0 Å². The average molecular weight is 460 g/mol. The van der Waals surface area contributed by atoms with Crippen molar-refractivity contribution in [2.75, 3.05) is 20.8 Å². The van der Waals surface area contributed by atoms with Gasteiger partial charge in [0.05, 0.1) is 20.3 Å². The summed E-state index contributed by atoms with van der Waals surface area (Å²) < 4.78 is 45.9. The number of carbonyl (C=O) groups excluding carboxylic acids is 1. The molecule has 3 aromatic rings. The van der Waals surface area contributed by atoms with Crippen molar-refractivity contribution >= 4 is 17.5 Å². The van der Waals surface area contributed by atoms with Crippen molar-refractivity contribution in [3.63, 3.8) is 0 Å². The molecule has 166 valence electrons. The maximum Gasteiger partial charge on any atom is 0.255 e. The zero-order chi connectivity index (χ0) is 22.8. The molecule has 0 saturated heterocycles. The van der Waals surface area contributed by atoms with Gasteiger partial charge < -0.3 is 19.1 Å². The Bertz CT molecular complexity index is 1130. The third-order valence-electron chi connectivity index (χ3n) is 5.36. The smallest absolute Gasteiger partial charge is 0.255 e. The zero-order valence-electron chi connectivity index (χ0n) is 17.4. The standard InChI is InChI=1S/C24H20ClF2NO4/c1-30-16-4-6-17(7-5-16)32-13-22(23-20(26)10-18(31-2)11-21(23)27)28-12-14-9-15(25)3-8-19(14)24(28)29/h3-11,22H,12-13H2,1-2H3. The van der Waals surface area contributed by atoms with Gasteiger partial charge in [0.1, 0.15) is 35.5 Å². The van der Waals surface area contributed by atoms with Gasteiger partial charge in [-0.25, -0.2) is 8.78 Å². The van der Waals surface area contributed by atoms with E-state index in [1.807, 2.05) is 0 Å². The maximum absolute atomic E-state index is 15.0. The number of rotatable bonds is 7. The summed E-state index contributed by atoms with van der Waals surface area (Å²) in [6.45, 7) is -0.0176. The Morgan fingerprint density at radius 2 is 1.56 bits per heavy atom. The Kier molecular flexibility index (Phi) is 6.19. The predicted molar refractivity (Wildman–Crippen MR) is 115 cm³/mol. The van der Waals surface area contributed by atoms with Crippen molar-refractivity contribution in [1.82, 2.24) is 4.90 Å². The molecule has 1 amide bonds. The number of ether oxygens (including phenoxy) is 3. The molecule has 0 bridgehead atoms. The van der Waals surface area contributed by atoms with Crippen LogP contribution in [0.15, 0.2) is 54.6 Å². The summed E-state index contributed by atoms with van der Waals surface area (Å²) >= 11 is 6.07. The lowest BCUT2D eigenvalue weighted by Gasteiger charge is -2.29. The summed E-state index contributed by atoms with van der Waals surface area (Å²) in [6, 6.07) is 12.8. The highest BCUT2D eigenvalue weighted by Gasteiger charge is 2.37. The Labute approximate surface area is 189 Å². The highest BCUT2D eigenvalue weighted by Crippen LogP contribution is 2.36. The summed E-state index contributed by atoms with van der Waals surface area (Å²) in [4.78, 5) is 14.5. The first-order valence-electron chi connectivity index (χ1n) is 9.80. The second kappa shape index (κ2) is 9.04. The molecule has 0 fully saturated rings. The summed E-state index contributed by atoms with van der Waals surface area (Å²) in [6.07, 6.45) is 0. The highest BCUT2D eigenvalue weighted by molar-refractivity contribution is 6.30. The topological polar surface area (TPSA) is 48.0 Å². The van der Waals surface area contributed by atoms with Gasteiger partial charge in [0, 0.05) is 34.8 Å². The molecule has 0 aromatic heterocycles. The van der Waals surface area contributed by atoms with Crippen LogP contribution in [-0.2, 0) is 6.54 Å². The lowest BCUT2D eigenvalue weighted by Crippen LogP contribution is -2.34. The molecule has 0 saturated carbocycles. The lowest BCUT2D eigenvalue weighted by atomic mass is 10.0. The first-order chi connectivity index (χ1) is 15.4. The van der Waals surface area contributed by atoms with Crippen LogP contribution >= 0.6 is 11.6 Å². The third-order valence-corrected chi connectivity index (χ3v) is 5.60. The number of halogens is 3. The van der Waals surface area contributed by atoms with Crippen LogP contribution in [0.1, 0.15) is 27.5 Å². The van der Waals surface area contributed by atoms with E-state index in [9.17, 15) is 13.6 Å². The minimum atomic E-state index is -1.03. The highest BCUT2D eigenvalue weighted by atomic mass is 35.5. The van der Waals surface area contributed by atoms with Gasteiger partial charge in [0.25, 0.3) is 5.91 Å². The molecule has 5 nitrogen and oxygen atoms in total. The van der Waals surface area contributed by atoms with Crippen LogP contribution in [0.25, 0.3) is 0 Å². The average Bonchev–Trinajstić information content (AvgIpc) is 3.10. The Morgan fingerprint density at radius 1 is 0.938 bits per heavy atom. The van der Waals surface area contributed by atoms with Crippen LogP contribution in [0, 0.1) is 11.6 Å². The number of carbonyl (C=O) groups is 1. The summed E-state index contributed by atoms with van der Waals surface area (Å²) in [5, 5.41) is 0.478. The number of methoxy groups -OCH3 is 2. The fourth-order valence-electron chi connectivity index (χ4n) is 3.74. The molecule has 32 heavy (non-hydrogen) atoms. The molecule has 1 aliphatic heterocycles. The molecular weight excluding hydrogens is 440 g/mol. The van der Waals surface area contributed by atoms with Gasteiger partial charge in [-0.3, -0.25) is 4.79 Å². The molecule has 0 N–H and O–H groups in total. The number of nitrogens with zero attached hydrogens (tertiary/aromatic N) is 1. The van der Waals surface area contributed by atoms with E-state index in [2.05, 4.69) is 0 Å². The van der Waals surface area contributed by atoms with Crippen LogP contribution < -0.4 is 14.2 Å². The minimum absolute atomic E-state index is 0.0430. The van der Waals surface area contributed by atoms with Crippen LogP contribution in [0.5, 0.6) is 17.2 Å². The van der Waals surface area contributed by atoms with Crippen LogP contribution in [0.4, 0.5) is 8.78 Å². The zero-order valence-corrected chi connectivity index (χ0v) is 18.2. The summed E-state index contributed by atoms with van der Waals surface area (Å²) in [5.74, 6) is -0.851. The second-order valence-corrected chi connectivity index (χ2v) is 7.68. The van der Waals surface area contributed by atoms with E-state index in [1.165, 1.54) is 12.0 Å². The van der Waals surface area contributed by atoms with Gasteiger partial charge in [-0.05, 0) is 48.0 Å². The van der Waals surface area contributed by atoms with Gasteiger partial charge in [-0.2, -0.15) is 0 Å². The molecule has 1 atom stereocenters. The van der Waals surface area contributed by atoms with Crippen molar-refractivity contribution in [3.05, 3.63) is 87.9 Å². The first-order valence-corrected chi connectivity index (χ1v) is 10.2. The summed E-state index contributed by atoms with van der Waals surface area (Å²) in [5.41, 5.74) is 0.857. The molecule has 1 unspecified atom stereocenters. The SMILES string of the molecule is COc1ccc(OCC(c2c(F)cc(OC)cc2F)N2Cc3cc(Cl)ccc3C2=O)cc1. The van der Waals surface area contributed by atoms with Crippen molar-refractivity contribution in [2.45, 2.75) is 12.6 Å². The molecule has 4 rings (SSSR count). The van der Waals surface area contributed by atoms with Gasteiger partial charge in [-0.1, -0.05) is 11.6 Å². The molecule has 1 aliphatic rings. The number of hydrogen-bond donors (Lipinski definition) is 0. The Hall–Kier alpha value is -3.32. The van der Waals surface area contributed by atoms with Crippen LogP contribution in [-0.4, -0.2) is 31.6 Å². The predicted octanol–water partition coefficient (Wildman–Crippen LogP) is 5.41. The maximum atomic E-state index is 15.0. The van der Waals surface area contributed by atoms with E-state index in [-0.39, 0.29) is 30.4 Å². The fraction of sp³-hybridized carbons (Fsp3) is 0.208. The lowest BCUT2D eigenvalue weighted by molar-refractivity contribution is 0.0625. The number of amides is 1. The van der Waals surface area contributed by atoms with E-state index in [4.69, 9.17) is 25.8 Å². The van der Waals surface area contributed by atoms with Crippen molar-refractivity contribution in [1.29, 1.82) is 0 Å². The quantitative estimate of drug-likeness (QED) is 0.474. The van der Waals surface area contributed by atoms with Crippen LogP contribution in [0.2, 0.25) is 5.02 Å². The normalized spacial score (nSPS) is 13.7. The van der Waals surface area contributed by atoms with E-state index in [1.54, 1.807) is 49.6 Å². The van der Waals surface area contributed by atoms with Crippen molar-refractivity contribution < 1.29 is 27.8 Å². The number of hydrogen-bond acceptors (Lipinski definition) is 4. The fourth-order valence-corrected chi connectivity index (χ4v) is 3.93. The van der Waals surface area contributed by atoms with Crippen molar-refractivity contribution in [2.24, 2.45) is 0 Å². The second-order valence-electron chi connectivity index (χ2n) is 7.24. The third kappa shape index (κ3) is 4.21. The monoisotopic (exact) mass is 459 g/mol. The summed E-state index contributed by atoms with van der Waals surface area (Å²) in [7, 11) is 2.87. The molecule has 1 heterocycles. The molecule has 0 aliphatic carbocycles. The molecule has 0 spiro atoms. The van der Waals surface area contributed by atoms with E-state index in [0.717, 1.165) is 12.1 Å². The van der Waals surface area contributed by atoms with E-state index < -0.39 is 17.7 Å². The minimum Gasteiger partial charge on any atom is -0.497 e. The molecule has 8 heteroatoms. The molecule has 3 aromatic carbocycles. The van der Waals surface area contributed by atoms with Gasteiger partial charge in [0.15, 0.2) is 0 Å². The number of fused-ring (bicyclic) bond motifs is 1. The van der Waals surface area contributed by atoms with Crippen molar-refractivity contribution in [3.8, 4) is 17.2 Å². The Balaban J connectivity index is 1.69. The largest absolute Gasteiger partial charge is 0.497 e. The van der Waals surface area contributed by atoms with Gasteiger partial charge >= 0.3 is 0 Å². The Morgan fingerprint density at radius 3 is 2.19 bits per heavy atom. The molecular formula is C24H20ClF2NO4. The molecule has 0 radical (unpaired) electrons. The van der Waals surface area contributed by atoms with Gasteiger partial charge in [-0.15, -0.1) is 0 Å². The number of benzene rings is 3.